The van der Waals surface area contributed by atoms with Gasteiger partial charge < -0.3 is 19.7 Å². The number of anilines is 1. The second kappa shape index (κ2) is 15.5. The number of hydrogen-bond acceptors (Lipinski definition) is 9. The van der Waals surface area contributed by atoms with Gasteiger partial charge in [-0.25, -0.2) is 14.2 Å². The fraction of sp³-hybridized carbons (Fsp3) is 0.463. The highest BCUT2D eigenvalue weighted by Gasteiger charge is 2.34. The molecule has 56 heavy (non-hydrogen) atoms. The van der Waals surface area contributed by atoms with Crippen molar-refractivity contribution >= 4 is 45.3 Å². The summed E-state index contributed by atoms with van der Waals surface area (Å²) < 4.78 is 30.4. The fourth-order valence-corrected chi connectivity index (χ4v) is 8.08. The third-order valence-electron chi connectivity index (χ3n) is 11.1. The van der Waals surface area contributed by atoms with Crippen molar-refractivity contribution < 1.29 is 28.2 Å². The Labute approximate surface area is 323 Å². The number of aromatic nitrogens is 5. The lowest BCUT2D eigenvalue weighted by Gasteiger charge is -2.36. The number of likely N-dealkylation sites (tertiary alicyclic amines) is 1. The van der Waals surface area contributed by atoms with Crippen molar-refractivity contribution in [2.75, 3.05) is 39.7 Å². The van der Waals surface area contributed by atoms with E-state index in [9.17, 15) is 23.6 Å². The number of pyridine rings is 1. The highest BCUT2D eigenvalue weighted by molar-refractivity contribution is 6.06. The summed E-state index contributed by atoms with van der Waals surface area (Å²) in [6, 6.07) is 12.4. The van der Waals surface area contributed by atoms with E-state index < -0.39 is 23.5 Å². The number of benzene rings is 2. The lowest BCUT2D eigenvalue weighted by molar-refractivity contribution is -0.135. The van der Waals surface area contributed by atoms with Crippen molar-refractivity contribution in [1.29, 1.82) is 0 Å². The minimum absolute atomic E-state index is 0.00998. The normalized spacial score (nSPS) is 18.3. The van der Waals surface area contributed by atoms with Crippen LogP contribution in [-0.4, -0.2) is 80.9 Å². The number of halogens is 1. The second-order valence-corrected chi connectivity index (χ2v) is 15.5. The van der Waals surface area contributed by atoms with E-state index >= 15 is 0 Å². The molecular formula is C41H49FN8O6. The number of fused-ring (bicyclic) bond motifs is 2. The molecule has 15 heteroatoms. The first kappa shape index (κ1) is 38.7. The van der Waals surface area contributed by atoms with E-state index in [1.54, 1.807) is 29.4 Å². The van der Waals surface area contributed by atoms with Crippen LogP contribution >= 0.6 is 0 Å². The predicted molar refractivity (Wildman–Crippen MR) is 210 cm³/mol. The fourth-order valence-electron chi connectivity index (χ4n) is 8.08. The van der Waals surface area contributed by atoms with Gasteiger partial charge in [-0.3, -0.25) is 33.5 Å². The standard InChI is InChI=1S/C24H29FN4O3.C17H20N4O3/c1-24(2,25)21-11-10-19(31-3)22(27-21)23(30)26-18-12-15-14-29(16-8-6-5-7-9-16)28-17(15)13-20(18)32-4;1-19-8-10(9-19)11-4-3-5-12-15(11)20(2)17(24)21(12)13-6-7-14(22)18-16(13)23/h10-14,16H,5-9H2,1-4H3,(H,26,30);3-5,10,13H,6-9H2,1-2H3,(H,18,22,23). The highest BCUT2D eigenvalue weighted by Crippen LogP contribution is 2.35. The SMILES string of the molecule is CN1CC(c2cccc3c2n(C)c(=O)n3C2CCC(=O)NC2=O)C1.COc1cc2nn(C3CCCCC3)cc2cc1NC(=O)c1nc(C(C)(C)F)ccc1OC. The molecule has 3 aliphatic rings. The second-order valence-electron chi connectivity index (χ2n) is 15.5. The van der Waals surface area contributed by atoms with Crippen LogP contribution in [0.4, 0.5) is 10.1 Å². The van der Waals surface area contributed by atoms with Gasteiger partial charge in [-0.15, -0.1) is 0 Å². The topological polar surface area (TPSA) is 155 Å². The first-order chi connectivity index (χ1) is 26.8. The molecule has 2 N–H and O–H groups in total. The van der Waals surface area contributed by atoms with Crippen molar-refractivity contribution in [2.24, 2.45) is 7.05 Å². The number of likely N-dealkylation sites (N-methyl/N-ethyl adjacent to an activating group) is 1. The van der Waals surface area contributed by atoms with Gasteiger partial charge in [-0.05, 0) is 70.0 Å². The molecule has 2 aromatic carbocycles. The van der Waals surface area contributed by atoms with Gasteiger partial charge in [0.1, 0.15) is 23.2 Å². The van der Waals surface area contributed by atoms with Crippen molar-refractivity contribution in [3.63, 3.8) is 0 Å². The van der Waals surface area contributed by atoms with Crippen LogP contribution in [0.25, 0.3) is 21.9 Å². The summed E-state index contributed by atoms with van der Waals surface area (Å²) in [5.74, 6) is -0.0223. The highest BCUT2D eigenvalue weighted by atomic mass is 19.1. The van der Waals surface area contributed by atoms with Gasteiger partial charge >= 0.3 is 5.69 Å². The number of nitrogens with one attached hydrogen (secondary N) is 2. The number of amides is 3. The number of nitrogens with zero attached hydrogens (tertiary/aromatic N) is 6. The molecule has 2 saturated heterocycles. The Balaban J connectivity index is 0.000000178. The minimum atomic E-state index is -1.69. The number of methoxy groups -OCH3 is 2. The maximum atomic E-state index is 14.4. The number of carbonyl (C=O) groups is 3. The van der Waals surface area contributed by atoms with E-state index in [-0.39, 0.29) is 35.2 Å². The molecule has 1 aliphatic carbocycles. The van der Waals surface area contributed by atoms with E-state index in [2.05, 4.69) is 33.6 Å². The molecule has 5 heterocycles. The summed E-state index contributed by atoms with van der Waals surface area (Å²) in [7, 11) is 6.81. The number of imide groups is 1. The summed E-state index contributed by atoms with van der Waals surface area (Å²) in [4.78, 5) is 56.0. The zero-order valence-electron chi connectivity index (χ0n) is 32.7. The van der Waals surface area contributed by atoms with E-state index in [0.717, 1.165) is 53.4 Å². The Kier molecular flexibility index (Phi) is 10.7. The molecule has 8 rings (SSSR count). The number of imidazole rings is 1. The van der Waals surface area contributed by atoms with Crippen LogP contribution < -0.4 is 25.8 Å². The zero-order chi connectivity index (χ0) is 39.9. The van der Waals surface area contributed by atoms with Crippen LogP contribution in [0.5, 0.6) is 11.5 Å². The van der Waals surface area contributed by atoms with Gasteiger partial charge in [0.25, 0.3) is 5.91 Å². The number of aryl methyl sites for hydroxylation is 1. The average molecular weight is 769 g/mol. The first-order valence-electron chi connectivity index (χ1n) is 19.1. The summed E-state index contributed by atoms with van der Waals surface area (Å²) in [5.41, 5.74) is 2.37. The van der Waals surface area contributed by atoms with Crippen molar-refractivity contribution in [3.05, 3.63) is 76.1 Å². The Hall–Kier alpha value is -5.57. The lowest BCUT2D eigenvalue weighted by Crippen LogP contribution is -2.44. The van der Waals surface area contributed by atoms with Crippen molar-refractivity contribution in [1.82, 2.24) is 34.1 Å². The summed E-state index contributed by atoms with van der Waals surface area (Å²) in [5, 5.41) is 10.8. The van der Waals surface area contributed by atoms with Crippen LogP contribution in [0.1, 0.15) is 98.5 Å². The number of ether oxygens (including phenoxy) is 2. The van der Waals surface area contributed by atoms with E-state index in [1.165, 1.54) is 46.3 Å². The zero-order valence-corrected chi connectivity index (χ0v) is 32.7. The van der Waals surface area contributed by atoms with Crippen LogP contribution in [0.3, 0.4) is 0 Å². The van der Waals surface area contributed by atoms with Crippen LogP contribution in [0.2, 0.25) is 0 Å². The largest absolute Gasteiger partial charge is 0.494 e. The number of para-hydroxylation sites is 1. The van der Waals surface area contributed by atoms with E-state index in [4.69, 9.17) is 14.6 Å². The first-order valence-corrected chi connectivity index (χ1v) is 19.1. The molecule has 296 valence electrons. The van der Waals surface area contributed by atoms with Gasteiger partial charge in [0.2, 0.25) is 11.8 Å². The van der Waals surface area contributed by atoms with E-state index in [0.29, 0.717) is 29.8 Å². The van der Waals surface area contributed by atoms with Gasteiger partial charge in [0, 0.05) is 50.1 Å². The molecule has 0 spiro atoms. The Morgan fingerprint density at radius 2 is 1.70 bits per heavy atom. The molecule has 3 fully saturated rings. The molecule has 14 nitrogen and oxygen atoms in total. The molecule has 0 radical (unpaired) electrons. The molecular weight excluding hydrogens is 719 g/mol. The Bertz CT molecular complexity index is 2360. The van der Waals surface area contributed by atoms with Crippen molar-refractivity contribution in [2.45, 2.75) is 82.5 Å². The van der Waals surface area contributed by atoms with Gasteiger partial charge in [0.15, 0.2) is 5.69 Å². The predicted octanol–water partition coefficient (Wildman–Crippen LogP) is 5.76. The number of piperidine rings is 1. The number of alkyl halides is 1. The molecule has 3 aromatic heterocycles. The smallest absolute Gasteiger partial charge is 0.329 e. The Morgan fingerprint density at radius 3 is 2.36 bits per heavy atom. The third kappa shape index (κ3) is 7.51. The summed E-state index contributed by atoms with van der Waals surface area (Å²) >= 11 is 0. The number of hydrogen-bond donors (Lipinski definition) is 2. The van der Waals surface area contributed by atoms with Crippen molar-refractivity contribution in [3.8, 4) is 11.5 Å². The van der Waals surface area contributed by atoms with E-state index in [1.807, 2.05) is 35.1 Å². The van der Waals surface area contributed by atoms with Crippen LogP contribution in [0.15, 0.2) is 53.5 Å². The summed E-state index contributed by atoms with van der Waals surface area (Å²) in [6.45, 7) is 4.72. The molecule has 0 bridgehead atoms. The van der Waals surface area contributed by atoms with Crippen LogP contribution in [-0.2, 0) is 22.3 Å². The van der Waals surface area contributed by atoms with Crippen LogP contribution in [0, 0.1) is 0 Å². The third-order valence-corrected chi connectivity index (χ3v) is 11.1. The lowest BCUT2D eigenvalue weighted by atomic mass is 9.91. The maximum Gasteiger partial charge on any atom is 0.329 e. The minimum Gasteiger partial charge on any atom is -0.494 e. The maximum absolute atomic E-state index is 14.4. The Morgan fingerprint density at radius 1 is 0.964 bits per heavy atom. The number of rotatable bonds is 8. The van der Waals surface area contributed by atoms with Gasteiger partial charge in [-0.1, -0.05) is 31.4 Å². The van der Waals surface area contributed by atoms with Gasteiger partial charge in [-0.2, -0.15) is 5.10 Å². The molecule has 5 aromatic rings. The quantitative estimate of drug-likeness (QED) is 0.188. The number of carbonyl (C=O) groups excluding carboxylic acids is 3. The molecule has 3 amide bonds. The molecule has 1 saturated carbocycles. The molecule has 1 unspecified atom stereocenters. The van der Waals surface area contributed by atoms with Gasteiger partial charge in [0.05, 0.1) is 48.2 Å². The monoisotopic (exact) mass is 768 g/mol. The molecule has 1 atom stereocenters. The molecule has 2 aliphatic heterocycles. The summed E-state index contributed by atoms with van der Waals surface area (Å²) in [6.07, 6.45) is 8.60. The average Bonchev–Trinajstić information content (AvgIpc) is 3.70.